The Morgan fingerprint density at radius 3 is 2.89 bits per heavy atom. The highest BCUT2D eigenvalue weighted by Gasteiger charge is 2.32. The molecule has 28 heavy (non-hydrogen) atoms. The number of aryl methyl sites for hydroxylation is 1. The summed E-state index contributed by atoms with van der Waals surface area (Å²) in [5.41, 5.74) is 4.21. The molecule has 0 radical (unpaired) electrons. The topological polar surface area (TPSA) is 58.2 Å². The minimum atomic E-state index is -0.00778. The average Bonchev–Trinajstić information content (AvgIpc) is 3.33. The minimum Gasteiger partial charge on any atom is -0.483 e. The van der Waals surface area contributed by atoms with Crippen LogP contribution in [0.4, 0.5) is 0 Å². The average molecular weight is 377 g/mol. The van der Waals surface area contributed by atoms with Crippen molar-refractivity contribution in [3.63, 3.8) is 0 Å². The molecule has 1 aromatic heterocycles. The van der Waals surface area contributed by atoms with Crippen LogP contribution in [0.2, 0.25) is 0 Å². The molecule has 1 aliphatic heterocycles. The Labute approximate surface area is 165 Å². The molecule has 1 aliphatic rings. The number of carbonyl (C=O) groups is 1. The van der Waals surface area contributed by atoms with Crippen LogP contribution in [0.3, 0.4) is 0 Å². The van der Waals surface area contributed by atoms with Gasteiger partial charge in [-0.1, -0.05) is 38.1 Å². The van der Waals surface area contributed by atoms with Gasteiger partial charge in [-0.25, -0.2) is 4.98 Å². The third kappa shape index (κ3) is 3.61. The third-order valence-electron chi connectivity index (χ3n) is 5.53. The van der Waals surface area contributed by atoms with E-state index in [9.17, 15) is 4.79 Å². The van der Waals surface area contributed by atoms with Crippen molar-refractivity contribution in [1.29, 1.82) is 0 Å². The zero-order valence-corrected chi connectivity index (χ0v) is 16.7. The van der Waals surface area contributed by atoms with Crippen LogP contribution in [-0.2, 0) is 4.79 Å². The predicted octanol–water partition coefficient (Wildman–Crippen LogP) is 4.74. The zero-order chi connectivity index (χ0) is 19.7. The normalized spacial score (nSPS) is 16.9. The number of fused-ring (bicyclic) bond motifs is 1. The maximum Gasteiger partial charge on any atom is 0.261 e. The number of amides is 1. The molecule has 2 aromatic carbocycles. The highest BCUT2D eigenvalue weighted by molar-refractivity contribution is 5.79. The van der Waals surface area contributed by atoms with Gasteiger partial charge in [-0.2, -0.15) is 0 Å². The number of aromatic amines is 1. The maximum atomic E-state index is 12.9. The Bertz CT molecular complexity index is 959. The number of benzene rings is 2. The summed E-state index contributed by atoms with van der Waals surface area (Å²) >= 11 is 0. The number of likely N-dealkylation sites (tertiary alicyclic amines) is 1. The number of para-hydroxylation sites is 2. The standard InChI is InChI=1S/C23H27N3O2/c1-15(2)17-11-10-16(3)21(13-17)28-14-22(27)26-12-6-9-20(26)23-24-18-7-4-5-8-19(18)25-23/h4-5,7-8,10-11,13,15,20H,6,9,12,14H2,1-3H3,(H,24,25). The third-order valence-corrected chi connectivity index (χ3v) is 5.53. The number of nitrogens with one attached hydrogen (secondary N) is 1. The van der Waals surface area contributed by atoms with Crippen molar-refractivity contribution in [2.75, 3.05) is 13.2 Å². The molecule has 1 atom stereocenters. The van der Waals surface area contributed by atoms with E-state index < -0.39 is 0 Å². The second kappa shape index (κ2) is 7.66. The van der Waals surface area contributed by atoms with Gasteiger partial charge in [0.25, 0.3) is 5.91 Å². The summed E-state index contributed by atoms with van der Waals surface area (Å²) in [4.78, 5) is 22.9. The Balaban J connectivity index is 1.47. The molecule has 1 amide bonds. The Kier molecular flexibility index (Phi) is 5.07. The van der Waals surface area contributed by atoms with E-state index in [-0.39, 0.29) is 18.6 Å². The number of ether oxygens (including phenoxy) is 1. The van der Waals surface area contributed by atoms with Crippen molar-refractivity contribution in [3.05, 3.63) is 59.4 Å². The first-order chi connectivity index (χ1) is 13.5. The molecule has 2 heterocycles. The summed E-state index contributed by atoms with van der Waals surface area (Å²) in [5.74, 6) is 2.09. The predicted molar refractivity (Wildman–Crippen MR) is 111 cm³/mol. The lowest BCUT2D eigenvalue weighted by atomic mass is 10.0. The van der Waals surface area contributed by atoms with Gasteiger partial charge >= 0.3 is 0 Å². The summed E-state index contributed by atoms with van der Waals surface area (Å²) in [7, 11) is 0. The SMILES string of the molecule is Cc1ccc(C(C)C)cc1OCC(=O)N1CCCC1c1nc2ccccc2[nH]1. The molecule has 0 bridgehead atoms. The monoisotopic (exact) mass is 377 g/mol. The molecule has 0 saturated carbocycles. The van der Waals surface area contributed by atoms with Crippen molar-refractivity contribution in [1.82, 2.24) is 14.9 Å². The van der Waals surface area contributed by atoms with E-state index in [1.165, 1.54) is 5.56 Å². The summed E-state index contributed by atoms with van der Waals surface area (Å²) in [6, 6.07) is 14.2. The van der Waals surface area contributed by atoms with E-state index in [1.807, 2.05) is 42.2 Å². The lowest BCUT2D eigenvalue weighted by Gasteiger charge is -2.23. The van der Waals surface area contributed by atoms with Gasteiger partial charge in [-0.05, 0) is 55.0 Å². The van der Waals surface area contributed by atoms with Crippen LogP contribution in [0, 0.1) is 6.92 Å². The van der Waals surface area contributed by atoms with Gasteiger partial charge in [0.05, 0.1) is 17.1 Å². The summed E-state index contributed by atoms with van der Waals surface area (Å²) in [6.07, 6.45) is 1.91. The molecule has 146 valence electrons. The molecular weight excluding hydrogens is 350 g/mol. The highest BCUT2D eigenvalue weighted by atomic mass is 16.5. The van der Waals surface area contributed by atoms with E-state index in [0.29, 0.717) is 5.92 Å². The Morgan fingerprint density at radius 1 is 1.29 bits per heavy atom. The van der Waals surface area contributed by atoms with Crippen molar-refractivity contribution in [2.24, 2.45) is 0 Å². The van der Waals surface area contributed by atoms with E-state index >= 15 is 0 Å². The lowest BCUT2D eigenvalue weighted by Crippen LogP contribution is -2.35. The molecular formula is C23H27N3O2. The number of hydrogen-bond donors (Lipinski definition) is 1. The molecule has 0 spiro atoms. The second-order valence-corrected chi connectivity index (χ2v) is 7.85. The number of nitrogens with zero attached hydrogens (tertiary/aromatic N) is 2. The van der Waals surface area contributed by atoms with Crippen molar-refractivity contribution in [3.8, 4) is 5.75 Å². The fraction of sp³-hybridized carbons (Fsp3) is 0.391. The van der Waals surface area contributed by atoms with E-state index in [0.717, 1.165) is 47.6 Å². The number of carbonyl (C=O) groups excluding carboxylic acids is 1. The lowest BCUT2D eigenvalue weighted by molar-refractivity contribution is -0.134. The molecule has 5 heteroatoms. The van der Waals surface area contributed by atoms with Crippen molar-refractivity contribution < 1.29 is 9.53 Å². The van der Waals surface area contributed by atoms with Crippen molar-refractivity contribution >= 4 is 16.9 Å². The summed E-state index contributed by atoms with van der Waals surface area (Å²) < 4.78 is 5.92. The Hall–Kier alpha value is -2.82. The van der Waals surface area contributed by atoms with Crippen LogP contribution in [0.1, 0.15) is 55.6 Å². The van der Waals surface area contributed by atoms with E-state index in [2.05, 4.69) is 31.0 Å². The molecule has 1 fully saturated rings. The van der Waals surface area contributed by atoms with Crippen LogP contribution < -0.4 is 4.74 Å². The molecule has 3 aromatic rings. The highest BCUT2D eigenvalue weighted by Crippen LogP contribution is 2.32. The van der Waals surface area contributed by atoms with Crippen molar-refractivity contribution in [2.45, 2.75) is 45.6 Å². The first-order valence-electron chi connectivity index (χ1n) is 10.0. The van der Waals surface area contributed by atoms with Gasteiger partial charge in [-0.3, -0.25) is 4.79 Å². The Morgan fingerprint density at radius 2 is 2.11 bits per heavy atom. The van der Waals surface area contributed by atoms with Crippen LogP contribution in [-0.4, -0.2) is 33.9 Å². The van der Waals surface area contributed by atoms with Gasteiger partial charge in [0.2, 0.25) is 0 Å². The maximum absolute atomic E-state index is 12.9. The van der Waals surface area contributed by atoms with Gasteiger partial charge < -0.3 is 14.6 Å². The zero-order valence-electron chi connectivity index (χ0n) is 16.7. The first-order valence-corrected chi connectivity index (χ1v) is 10.0. The van der Waals surface area contributed by atoms with Gasteiger partial charge in [0.15, 0.2) is 6.61 Å². The van der Waals surface area contributed by atoms with Gasteiger partial charge in [0.1, 0.15) is 11.6 Å². The second-order valence-electron chi connectivity index (χ2n) is 7.85. The smallest absolute Gasteiger partial charge is 0.261 e. The number of imidazole rings is 1. The molecule has 4 rings (SSSR count). The molecule has 1 N–H and O–H groups in total. The number of H-pyrrole nitrogens is 1. The van der Waals surface area contributed by atoms with Gasteiger partial charge in [0, 0.05) is 6.54 Å². The number of aromatic nitrogens is 2. The quantitative estimate of drug-likeness (QED) is 0.699. The van der Waals surface area contributed by atoms with Gasteiger partial charge in [-0.15, -0.1) is 0 Å². The fourth-order valence-electron chi connectivity index (χ4n) is 3.83. The summed E-state index contributed by atoms with van der Waals surface area (Å²) in [6.45, 7) is 7.12. The molecule has 0 aliphatic carbocycles. The molecule has 5 nitrogen and oxygen atoms in total. The van der Waals surface area contributed by atoms with Crippen LogP contribution in [0.25, 0.3) is 11.0 Å². The number of hydrogen-bond acceptors (Lipinski definition) is 3. The first kappa shape index (κ1) is 18.5. The molecule has 1 unspecified atom stereocenters. The van der Waals surface area contributed by atoms with Crippen LogP contribution in [0.5, 0.6) is 5.75 Å². The van der Waals surface area contributed by atoms with E-state index in [4.69, 9.17) is 9.72 Å². The summed E-state index contributed by atoms with van der Waals surface area (Å²) in [5, 5.41) is 0. The van der Waals surface area contributed by atoms with Crippen LogP contribution in [0.15, 0.2) is 42.5 Å². The largest absolute Gasteiger partial charge is 0.483 e. The fourth-order valence-corrected chi connectivity index (χ4v) is 3.83. The molecule has 1 saturated heterocycles. The van der Waals surface area contributed by atoms with E-state index in [1.54, 1.807) is 0 Å². The van der Waals surface area contributed by atoms with Crippen LogP contribution >= 0.6 is 0 Å². The number of rotatable bonds is 5. The minimum absolute atomic E-state index is 0.00778.